The first kappa shape index (κ1) is 15.0. The highest BCUT2D eigenvalue weighted by atomic mass is 16.6. The van der Waals surface area contributed by atoms with Gasteiger partial charge in [-0.05, 0) is 24.6 Å². The van der Waals surface area contributed by atoms with Gasteiger partial charge in [-0.25, -0.2) is 0 Å². The normalized spacial score (nSPS) is 11.9. The highest BCUT2D eigenvalue weighted by molar-refractivity contribution is 5.40. The largest absolute Gasteiger partial charge is 0.493 e. The van der Waals surface area contributed by atoms with Gasteiger partial charge in [-0.2, -0.15) is 0 Å². The Balaban J connectivity index is 1.99. The van der Waals surface area contributed by atoms with Crippen molar-refractivity contribution in [3.63, 3.8) is 0 Å². The Kier molecular flexibility index (Phi) is 4.90. The van der Waals surface area contributed by atoms with E-state index >= 15 is 0 Å². The molecule has 2 aromatic rings. The van der Waals surface area contributed by atoms with Gasteiger partial charge in [0.15, 0.2) is 0 Å². The summed E-state index contributed by atoms with van der Waals surface area (Å²) >= 11 is 0. The fourth-order valence-corrected chi connectivity index (χ4v) is 2.07. The van der Waals surface area contributed by atoms with E-state index in [-0.39, 0.29) is 16.7 Å². The van der Waals surface area contributed by atoms with Crippen LogP contribution in [0.3, 0.4) is 0 Å². The number of benzene rings is 2. The lowest BCUT2D eigenvalue weighted by Crippen LogP contribution is -2.06. The Bertz CT molecular complexity index is 626. The first-order chi connectivity index (χ1) is 10.1. The number of nitro benzene ring substituents is 1. The lowest BCUT2D eigenvalue weighted by Gasteiger charge is -2.10. The summed E-state index contributed by atoms with van der Waals surface area (Å²) in [6.45, 7) is 2.29. The van der Waals surface area contributed by atoms with Gasteiger partial charge in [-0.3, -0.25) is 10.1 Å². The van der Waals surface area contributed by atoms with E-state index in [0.29, 0.717) is 18.6 Å². The Morgan fingerprint density at radius 1 is 1.24 bits per heavy atom. The molecule has 5 heteroatoms. The predicted octanol–water partition coefficient (Wildman–Crippen LogP) is 3.24. The summed E-state index contributed by atoms with van der Waals surface area (Å²) in [5.74, 6) is 0.725. The molecule has 0 radical (unpaired) electrons. The number of nitrogens with zero attached hydrogens (tertiary/aromatic N) is 1. The molecule has 0 bridgehead atoms. The van der Waals surface area contributed by atoms with Gasteiger partial charge < -0.3 is 10.5 Å². The molecule has 0 saturated carbocycles. The van der Waals surface area contributed by atoms with E-state index in [1.165, 1.54) is 6.07 Å². The fraction of sp³-hybridized carbons (Fsp3) is 0.250. The molecule has 0 fully saturated rings. The molecule has 0 aliphatic rings. The van der Waals surface area contributed by atoms with Crippen molar-refractivity contribution in [1.29, 1.82) is 0 Å². The summed E-state index contributed by atoms with van der Waals surface area (Å²) < 4.78 is 5.66. The Morgan fingerprint density at radius 3 is 2.71 bits per heavy atom. The molecule has 0 aromatic heterocycles. The SMILES string of the molecule is C[C@@H](N)c1cccc(OCCc2ccccc2[N+](=O)[O-])c1. The molecule has 110 valence electrons. The van der Waals surface area contributed by atoms with Crippen molar-refractivity contribution < 1.29 is 9.66 Å². The van der Waals surface area contributed by atoms with E-state index < -0.39 is 0 Å². The zero-order chi connectivity index (χ0) is 15.2. The lowest BCUT2D eigenvalue weighted by molar-refractivity contribution is -0.385. The molecule has 21 heavy (non-hydrogen) atoms. The number of ether oxygens (including phenoxy) is 1. The molecule has 0 aliphatic carbocycles. The van der Waals surface area contributed by atoms with Crippen LogP contribution in [0.15, 0.2) is 48.5 Å². The first-order valence-electron chi connectivity index (χ1n) is 6.78. The number of para-hydroxylation sites is 1. The maximum atomic E-state index is 10.9. The van der Waals surface area contributed by atoms with Crippen molar-refractivity contribution in [2.75, 3.05) is 6.61 Å². The van der Waals surface area contributed by atoms with Crippen molar-refractivity contribution in [2.45, 2.75) is 19.4 Å². The summed E-state index contributed by atoms with van der Waals surface area (Å²) in [5.41, 5.74) is 7.63. The van der Waals surface area contributed by atoms with Crippen LogP contribution in [-0.2, 0) is 6.42 Å². The monoisotopic (exact) mass is 286 g/mol. The average molecular weight is 286 g/mol. The molecule has 1 atom stereocenters. The predicted molar refractivity (Wildman–Crippen MR) is 81.3 cm³/mol. The summed E-state index contributed by atoms with van der Waals surface area (Å²) in [6, 6.07) is 14.2. The molecule has 2 aromatic carbocycles. The van der Waals surface area contributed by atoms with Crippen LogP contribution in [0.25, 0.3) is 0 Å². The summed E-state index contributed by atoms with van der Waals surface area (Å²) in [7, 11) is 0. The van der Waals surface area contributed by atoms with Crippen LogP contribution in [0, 0.1) is 10.1 Å². The molecule has 2 rings (SSSR count). The Hall–Kier alpha value is -2.40. The van der Waals surface area contributed by atoms with Crippen LogP contribution in [0.4, 0.5) is 5.69 Å². The van der Waals surface area contributed by atoms with Crippen LogP contribution in [0.1, 0.15) is 24.1 Å². The fourth-order valence-electron chi connectivity index (χ4n) is 2.07. The standard InChI is InChI=1S/C16H18N2O3/c1-12(17)14-6-4-7-15(11-14)21-10-9-13-5-2-3-8-16(13)18(19)20/h2-8,11-12H,9-10,17H2,1H3/t12-/m1/s1. The summed E-state index contributed by atoms with van der Waals surface area (Å²) in [5, 5.41) is 10.9. The lowest BCUT2D eigenvalue weighted by atomic mass is 10.1. The van der Waals surface area contributed by atoms with E-state index in [9.17, 15) is 10.1 Å². The Labute approximate surface area is 123 Å². The molecule has 0 heterocycles. The topological polar surface area (TPSA) is 78.4 Å². The third-order valence-corrected chi connectivity index (χ3v) is 3.21. The smallest absolute Gasteiger partial charge is 0.272 e. The summed E-state index contributed by atoms with van der Waals surface area (Å²) in [4.78, 5) is 10.6. The number of rotatable bonds is 6. The minimum Gasteiger partial charge on any atom is -0.493 e. The van der Waals surface area contributed by atoms with E-state index in [0.717, 1.165) is 11.3 Å². The summed E-state index contributed by atoms with van der Waals surface area (Å²) in [6.07, 6.45) is 0.486. The number of hydrogen-bond donors (Lipinski definition) is 1. The van der Waals surface area contributed by atoms with Crippen molar-refractivity contribution >= 4 is 5.69 Å². The molecule has 2 N–H and O–H groups in total. The average Bonchev–Trinajstić information content (AvgIpc) is 2.48. The maximum Gasteiger partial charge on any atom is 0.272 e. The van der Waals surface area contributed by atoms with E-state index in [1.807, 2.05) is 31.2 Å². The Morgan fingerprint density at radius 2 is 2.00 bits per heavy atom. The van der Waals surface area contributed by atoms with Gasteiger partial charge in [0.05, 0.1) is 11.5 Å². The van der Waals surface area contributed by atoms with Gasteiger partial charge in [0.1, 0.15) is 5.75 Å². The number of nitro groups is 1. The molecule has 0 saturated heterocycles. The van der Waals surface area contributed by atoms with Crippen LogP contribution in [0.2, 0.25) is 0 Å². The first-order valence-corrected chi connectivity index (χ1v) is 6.78. The molecular weight excluding hydrogens is 268 g/mol. The molecule has 0 amide bonds. The van der Waals surface area contributed by atoms with Crippen LogP contribution >= 0.6 is 0 Å². The zero-order valence-electron chi connectivity index (χ0n) is 11.9. The van der Waals surface area contributed by atoms with E-state index in [4.69, 9.17) is 10.5 Å². The minimum atomic E-state index is -0.369. The quantitative estimate of drug-likeness (QED) is 0.653. The minimum absolute atomic E-state index is 0.0521. The van der Waals surface area contributed by atoms with Crippen molar-refractivity contribution in [1.82, 2.24) is 0 Å². The van der Waals surface area contributed by atoms with E-state index in [1.54, 1.807) is 18.2 Å². The van der Waals surface area contributed by atoms with Crippen LogP contribution < -0.4 is 10.5 Å². The van der Waals surface area contributed by atoms with Gasteiger partial charge in [0, 0.05) is 24.1 Å². The van der Waals surface area contributed by atoms with Crippen molar-refractivity contribution in [3.8, 4) is 5.75 Å². The van der Waals surface area contributed by atoms with E-state index in [2.05, 4.69) is 0 Å². The third kappa shape index (κ3) is 4.03. The third-order valence-electron chi connectivity index (χ3n) is 3.21. The van der Waals surface area contributed by atoms with Gasteiger partial charge in [-0.15, -0.1) is 0 Å². The molecule has 5 nitrogen and oxygen atoms in total. The molecule has 0 spiro atoms. The van der Waals surface area contributed by atoms with Gasteiger partial charge in [0.25, 0.3) is 5.69 Å². The van der Waals surface area contributed by atoms with Gasteiger partial charge >= 0.3 is 0 Å². The number of hydrogen-bond acceptors (Lipinski definition) is 4. The number of nitrogens with two attached hydrogens (primary N) is 1. The second-order valence-corrected chi connectivity index (χ2v) is 4.85. The second-order valence-electron chi connectivity index (χ2n) is 4.85. The van der Waals surface area contributed by atoms with Gasteiger partial charge in [0.2, 0.25) is 0 Å². The van der Waals surface area contributed by atoms with Crippen molar-refractivity contribution in [3.05, 3.63) is 69.8 Å². The molecular formula is C16H18N2O3. The van der Waals surface area contributed by atoms with Gasteiger partial charge in [-0.1, -0.05) is 30.3 Å². The highest BCUT2D eigenvalue weighted by Crippen LogP contribution is 2.20. The van der Waals surface area contributed by atoms with Crippen LogP contribution in [-0.4, -0.2) is 11.5 Å². The van der Waals surface area contributed by atoms with Crippen LogP contribution in [0.5, 0.6) is 5.75 Å². The molecule has 0 unspecified atom stereocenters. The van der Waals surface area contributed by atoms with Crippen molar-refractivity contribution in [2.24, 2.45) is 5.73 Å². The maximum absolute atomic E-state index is 10.9. The molecule has 0 aliphatic heterocycles. The zero-order valence-corrected chi connectivity index (χ0v) is 11.9. The highest BCUT2D eigenvalue weighted by Gasteiger charge is 2.11. The second kappa shape index (κ2) is 6.85.